The number of carbonyl (C=O) groups excluding carboxylic acids is 3. The van der Waals surface area contributed by atoms with Crippen LogP contribution in [0.25, 0.3) is 0 Å². The summed E-state index contributed by atoms with van der Waals surface area (Å²) in [4.78, 5) is 43.5. The first kappa shape index (κ1) is 29.0. The number of rotatable bonds is 8. The molecule has 0 radical (unpaired) electrons. The summed E-state index contributed by atoms with van der Waals surface area (Å²) in [6.45, 7) is 1.81. The third-order valence-electron chi connectivity index (χ3n) is 7.06. The van der Waals surface area contributed by atoms with E-state index in [1.54, 1.807) is 0 Å². The lowest BCUT2D eigenvalue weighted by Gasteiger charge is -2.55. The van der Waals surface area contributed by atoms with Gasteiger partial charge in [0.15, 0.2) is 0 Å². The highest BCUT2D eigenvalue weighted by atomic mass is 19.4. The van der Waals surface area contributed by atoms with Crippen LogP contribution in [0.3, 0.4) is 0 Å². The third-order valence-corrected chi connectivity index (χ3v) is 7.06. The van der Waals surface area contributed by atoms with Gasteiger partial charge in [-0.2, -0.15) is 18.2 Å². The van der Waals surface area contributed by atoms with E-state index in [4.69, 9.17) is 6.42 Å². The van der Waals surface area contributed by atoms with Gasteiger partial charge in [0.1, 0.15) is 12.2 Å². The number of terminal acetylenes is 1. The second-order valence-electron chi connectivity index (χ2n) is 9.87. The Hall–Kier alpha value is -4.04. The van der Waals surface area contributed by atoms with Gasteiger partial charge in [-0.3, -0.25) is 9.59 Å². The average molecular weight is 556 g/mol. The molecule has 212 valence electrons. The molecule has 2 aromatic rings. The van der Waals surface area contributed by atoms with Crippen LogP contribution < -0.4 is 5.32 Å². The Morgan fingerprint density at radius 2 is 1.82 bits per heavy atom. The van der Waals surface area contributed by atoms with Crippen LogP contribution >= 0.6 is 0 Å². The van der Waals surface area contributed by atoms with E-state index in [1.165, 1.54) is 32.0 Å². The normalized spacial score (nSPS) is 19.8. The van der Waals surface area contributed by atoms with Crippen LogP contribution in [-0.2, 0) is 28.9 Å². The van der Waals surface area contributed by atoms with Crippen molar-refractivity contribution in [2.75, 3.05) is 19.6 Å². The van der Waals surface area contributed by atoms with E-state index in [-0.39, 0.29) is 44.5 Å². The topological polar surface area (TPSA) is 76.2 Å². The molecule has 2 aliphatic rings. The molecule has 0 bridgehead atoms. The van der Waals surface area contributed by atoms with Crippen LogP contribution in [0.4, 0.5) is 18.0 Å². The maximum atomic E-state index is 13.7. The molecular formula is C29H32F3N5O3. The SMILES string of the molecule is C#CCN1CC(=O)N2[C@@H](CCCC)C(=O)N(Cc3cccc(C(F)(F)F)c3)C[C@@H]2N1C(=O)NCc1ccccc1. The van der Waals surface area contributed by atoms with Gasteiger partial charge in [0.05, 0.1) is 25.2 Å². The van der Waals surface area contributed by atoms with Crippen molar-refractivity contribution in [2.45, 2.75) is 57.7 Å². The van der Waals surface area contributed by atoms with Crippen molar-refractivity contribution >= 4 is 17.8 Å². The molecule has 0 unspecified atom stereocenters. The maximum absolute atomic E-state index is 13.7. The number of nitrogens with one attached hydrogen (secondary N) is 1. The molecule has 1 N–H and O–H groups in total. The first-order valence-corrected chi connectivity index (χ1v) is 13.2. The summed E-state index contributed by atoms with van der Waals surface area (Å²) in [5.74, 6) is 1.80. The van der Waals surface area contributed by atoms with Gasteiger partial charge in [-0.15, -0.1) is 6.42 Å². The van der Waals surface area contributed by atoms with E-state index in [9.17, 15) is 27.6 Å². The first-order chi connectivity index (χ1) is 19.1. The number of unbranched alkanes of at least 4 members (excludes halogenated alkanes) is 1. The second kappa shape index (κ2) is 12.4. The maximum Gasteiger partial charge on any atom is 0.416 e. The van der Waals surface area contributed by atoms with Crippen molar-refractivity contribution < 1.29 is 27.6 Å². The summed E-state index contributed by atoms with van der Waals surface area (Å²) in [5, 5.41) is 5.73. The molecule has 0 aromatic heterocycles. The van der Waals surface area contributed by atoms with Crippen LogP contribution in [0.2, 0.25) is 0 Å². The number of piperazine rings is 1. The van der Waals surface area contributed by atoms with Gasteiger partial charge in [0, 0.05) is 13.1 Å². The molecular weight excluding hydrogens is 523 g/mol. The van der Waals surface area contributed by atoms with Crippen molar-refractivity contribution in [3.63, 3.8) is 0 Å². The van der Waals surface area contributed by atoms with Gasteiger partial charge < -0.3 is 15.1 Å². The van der Waals surface area contributed by atoms with Crippen molar-refractivity contribution in [3.05, 3.63) is 71.3 Å². The number of benzene rings is 2. The van der Waals surface area contributed by atoms with Crippen molar-refractivity contribution in [1.82, 2.24) is 25.1 Å². The van der Waals surface area contributed by atoms with Crippen molar-refractivity contribution in [3.8, 4) is 12.3 Å². The standard InChI is InChI=1S/C29H32F3N5O3/c1-3-5-14-24-27(39)34(18-22-12-9-13-23(16-22)29(30,31)32)19-25-36(24)26(38)20-35(15-4-2)37(25)28(40)33-17-21-10-7-6-8-11-21/h2,6-13,16,24-25H,3,5,14-15,17-20H2,1H3,(H,33,40)/t24-,25-/m0/s1. The summed E-state index contributed by atoms with van der Waals surface area (Å²) in [6.07, 6.45) is 1.95. The molecule has 11 heteroatoms. The number of hydrogen-bond acceptors (Lipinski definition) is 4. The number of amides is 4. The minimum atomic E-state index is -4.53. The zero-order valence-electron chi connectivity index (χ0n) is 22.2. The molecule has 2 fully saturated rings. The minimum Gasteiger partial charge on any atom is -0.333 e. The lowest BCUT2D eigenvalue weighted by atomic mass is 10.00. The van der Waals surface area contributed by atoms with Gasteiger partial charge in [-0.1, -0.05) is 68.2 Å². The minimum absolute atomic E-state index is 0.0178. The van der Waals surface area contributed by atoms with Crippen molar-refractivity contribution in [1.29, 1.82) is 0 Å². The average Bonchev–Trinajstić information content (AvgIpc) is 2.92. The molecule has 2 aliphatic heterocycles. The van der Waals surface area contributed by atoms with Crippen molar-refractivity contribution in [2.24, 2.45) is 0 Å². The Morgan fingerprint density at radius 3 is 2.50 bits per heavy atom. The van der Waals surface area contributed by atoms with Gasteiger partial charge in [0.2, 0.25) is 11.8 Å². The number of nitrogens with zero attached hydrogens (tertiary/aromatic N) is 4. The van der Waals surface area contributed by atoms with Crippen LogP contribution in [-0.4, -0.2) is 69.5 Å². The summed E-state index contributed by atoms with van der Waals surface area (Å²) in [6, 6.07) is 12.8. The number of hydrazine groups is 1. The van der Waals surface area contributed by atoms with Gasteiger partial charge in [-0.25, -0.2) is 9.80 Å². The summed E-state index contributed by atoms with van der Waals surface area (Å²) >= 11 is 0. The van der Waals surface area contributed by atoms with E-state index in [1.807, 2.05) is 37.3 Å². The predicted molar refractivity (Wildman–Crippen MR) is 142 cm³/mol. The highest BCUT2D eigenvalue weighted by Gasteiger charge is 2.51. The molecule has 40 heavy (non-hydrogen) atoms. The van der Waals surface area contributed by atoms with E-state index in [2.05, 4.69) is 11.2 Å². The number of hydrogen-bond donors (Lipinski definition) is 1. The second-order valence-corrected chi connectivity index (χ2v) is 9.87. The predicted octanol–water partition coefficient (Wildman–Crippen LogP) is 3.84. The van der Waals surface area contributed by atoms with E-state index in [0.717, 1.165) is 24.1 Å². The lowest BCUT2D eigenvalue weighted by molar-refractivity contribution is -0.189. The largest absolute Gasteiger partial charge is 0.416 e. The fraction of sp³-hybridized carbons (Fsp3) is 0.414. The molecule has 2 aromatic carbocycles. The monoisotopic (exact) mass is 555 g/mol. The fourth-order valence-electron chi connectivity index (χ4n) is 5.17. The Labute approximate surface area is 231 Å². The molecule has 0 saturated carbocycles. The molecule has 8 nitrogen and oxygen atoms in total. The van der Waals surface area contributed by atoms with Gasteiger partial charge in [-0.05, 0) is 29.7 Å². The highest BCUT2D eigenvalue weighted by Crippen LogP contribution is 2.32. The smallest absolute Gasteiger partial charge is 0.333 e. The molecule has 2 saturated heterocycles. The number of carbonyl (C=O) groups is 3. The molecule has 0 aliphatic carbocycles. The zero-order valence-corrected chi connectivity index (χ0v) is 22.2. The van der Waals surface area contributed by atoms with Gasteiger partial charge >= 0.3 is 12.2 Å². The fourth-order valence-corrected chi connectivity index (χ4v) is 5.17. The molecule has 2 heterocycles. The Balaban J connectivity index is 1.66. The number of halogens is 3. The third kappa shape index (κ3) is 6.39. The van der Waals surface area contributed by atoms with Crippen LogP contribution in [0, 0.1) is 12.3 Å². The van der Waals surface area contributed by atoms with E-state index < -0.39 is 30.0 Å². The highest BCUT2D eigenvalue weighted by molar-refractivity contribution is 5.91. The van der Waals surface area contributed by atoms with Gasteiger partial charge in [0.25, 0.3) is 0 Å². The molecule has 0 spiro atoms. The van der Waals surface area contributed by atoms with E-state index in [0.29, 0.717) is 18.4 Å². The van der Waals surface area contributed by atoms with Crippen LogP contribution in [0.1, 0.15) is 42.9 Å². The summed E-state index contributed by atoms with van der Waals surface area (Å²) < 4.78 is 40.0. The zero-order chi connectivity index (χ0) is 28.9. The number of urea groups is 1. The summed E-state index contributed by atoms with van der Waals surface area (Å²) in [5.41, 5.74) is 0.359. The number of alkyl halides is 3. The quantitative estimate of drug-likeness (QED) is 0.503. The molecule has 2 atom stereocenters. The summed E-state index contributed by atoms with van der Waals surface area (Å²) in [7, 11) is 0. The van der Waals surface area contributed by atoms with Crippen LogP contribution in [0.15, 0.2) is 54.6 Å². The Morgan fingerprint density at radius 1 is 1.10 bits per heavy atom. The first-order valence-electron chi connectivity index (χ1n) is 13.2. The lowest BCUT2D eigenvalue weighted by Crippen LogP contribution is -2.76. The molecule has 4 rings (SSSR count). The van der Waals surface area contributed by atoms with E-state index >= 15 is 0 Å². The molecule has 4 amide bonds. The van der Waals surface area contributed by atoms with Crippen LogP contribution in [0.5, 0.6) is 0 Å². The number of fused-ring (bicyclic) bond motifs is 1. The Kier molecular flexibility index (Phi) is 9.00. The Bertz CT molecular complexity index is 1260.